The van der Waals surface area contributed by atoms with Crippen molar-refractivity contribution in [2.75, 3.05) is 18.5 Å². The second-order valence-electron chi connectivity index (χ2n) is 5.80. The van der Waals surface area contributed by atoms with Crippen LogP contribution in [0.15, 0.2) is 35.0 Å². The molecule has 0 amide bonds. The first-order valence-electron chi connectivity index (χ1n) is 7.48. The summed E-state index contributed by atoms with van der Waals surface area (Å²) >= 11 is 0. The highest BCUT2D eigenvalue weighted by molar-refractivity contribution is 5.77. The Bertz CT molecular complexity index is 779. The van der Waals surface area contributed by atoms with Crippen LogP contribution in [0, 0.1) is 12.8 Å². The Labute approximate surface area is 127 Å². The van der Waals surface area contributed by atoms with Gasteiger partial charge >= 0.3 is 0 Å². The number of pyridine rings is 1. The SMILES string of the molecule is Cc1cc(C[C@@H]2COC[C@@H]2Nc2ccc3cc[nH]c3n2)on1. The maximum absolute atomic E-state index is 5.63. The predicted molar refractivity (Wildman–Crippen MR) is 82.8 cm³/mol. The van der Waals surface area contributed by atoms with Gasteiger partial charge in [-0.15, -0.1) is 0 Å². The van der Waals surface area contributed by atoms with E-state index in [-0.39, 0.29) is 6.04 Å². The third-order valence-electron chi connectivity index (χ3n) is 4.08. The number of aromatic nitrogens is 3. The number of H-pyrrole nitrogens is 1. The van der Waals surface area contributed by atoms with E-state index in [2.05, 4.69) is 26.5 Å². The van der Waals surface area contributed by atoms with Gasteiger partial charge in [0.2, 0.25) is 0 Å². The molecule has 1 saturated heterocycles. The van der Waals surface area contributed by atoms with Crippen molar-refractivity contribution in [1.29, 1.82) is 0 Å². The van der Waals surface area contributed by atoms with Gasteiger partial charge in [-0.05, 0) is 25.1 Å². The van der Waals surface area contributed by atoms with Crippen molar-refractivity contribution in [2.24, 2.45) is 5.92 Å². The summed E-state index contributed by atoms with van der Waals surface area (Å²) in [5, 5.41) is 8.54. The Morgan fingerprint density at radius 1 is 1.32 bits per heavy atom. The van der Waals surface area contributed by atoms with Crippen LogP contribution in [-0.4, -0.2) is 34.4 Å². The van der Waals surface area contributed by atoms with E-state index in [9.17, 15) is 0 Å². The number of nitrogens with zero attached hydrogens (tertiary/aromatic N) is 2. The molecule has 0 spiro atoms. The molecule has 2 N–H and O–H groups in total. The van der Waals surface area contributed by atoms with Gasteiger partial charge in [-0.2, -0.15) is 0 Å². The number of aromatic amines is 1. The molecule has 3 aromatic rings. The first-order valence-corrected chi connectivity index (χ1v) is 7.48. The molecule has 1 aliphatic rings. The smallest absolute Gasteiger partial charge is 0.139 e. The first-order chi connectivity index (χ1) is 10.8. The number of aryl methyl sites for hydroxylation is 1. The van der Waals surface area contributed by atoms with Crippen molar-refractivity contribution in [3.05, 3.63) is 41.9 Å². The lowest BCUT2D eigenvalue weighted by molar-refractivity contribution is 0.183. The fourth-order valence-corrected chi connectivity index (χ4v) is 2.93. The average molecular weight is 298 g/mol. The van der Waals surface area contributed by atoms with Crippen LogP contribution < -0.4 is 5.32 Å². The Kier molecular flexibility index (Phi) is 3.31. The Hall–Kier alpha value is -2.34. The van der Waals surface area contributed by atoms with Gasteiger partial charge in [0.15, 0.2) is 0 Å². The second kappa shape index (κ2) is 5.46. The van der Waals surface area contributed by atoms with E-state index in [1.54, 1.807) is 0 Å². The normalized spacial score (nSPS) is 21.5. The molecule has 0 aliphatic carbocycles. The highest BCUT2D eigenvalue weighted by atomic mass is 16.5. The molecular formula is C16H18N4O2. The van der Waals surface area contributed by atoms with E-state index in [0.717, 1.165) is 41.3 Å². The third-order valence-corrected chi connectivity index (χ3v) is 4.08. The number of hydrogen-bond donors (Lipinski definition) is 2. The summed E-state index contributed by atoms with van der Waals surface area (Å²) in [5.41, 5.74) is 1.81. The lowest BCUT2D eigenvalue weighted by Crippen LogP contribution is -2.29. The van der Waals surface area contributed by atoms with E-state index in [0.29, 0.717) is 12.5 Å². The van der Waals surface area contributed by atoms with Crippen molar-refractivity contribution in [3.63, 3.8) is 0 Å². The van der Waals surface area contributed by atoms with Crippen LogP contribution in [0.2, 0.25) is 0 Å². The standard InChI is InChI=1S/C16H18N4O2/c1-10-6-13(22-20-10)7-12-8-21-9-14(12)18-15-3-2-11-4-5-17-16(11)19-15/h2-6,12,14H,7-9H2,1H3,(H2,17,18,19)/t12-,14+/m1/s1. The first kappa shape index (κ1) is 13.3. The highest BCUT2D eigenvalue weighted by Gasteiger charge is 2.29. The zero-order valence-corrected chi connectivity index (χ0v) is 12.4. The number of anilines is 1. The molecule has 6 heteroatoms. The van der Waals surface area contributed by atoms with Gasteiger partial charge in [0.1, 0.15) is 17.2 Å². The van der Waals surface area contributed by atoms with Gasteiger partial charge in [-0.3, -0.25) is 0 Å². The molecule has 0 radical (unpaired) electrons. The Morgan fingerprint density at radius 3 is 3.14 bits per heavy atom. The maximum atomic E-state index is 5.63. The molecular weight excluding hydrogens is 280 g/mol. The summed E-state index contributed by atoms with van der Waals surface area (Å²) in [6.45, 7) is 3.34. The van der Waals surface area contributed by atoms with Crippen molar-refractivity contribution in [2.45, 2.75) is 19.4 Å². The van der Waals surface area contributed by atoms with Gasteiger partial charge < -0.3 is 19.6 Å². The molecule has 22 heavy (non-hydrogen) atoms. The summed E-state index contributed by atoms with van der Waals surface area (Å²) in [6.07, 6.45) is 2.72. The molecule has 0 unspecified atom stereocenters. The van der Waals surface area contributed by atoms with E-state index in [4.69, 9.17) is 9.26 Å². The number of fused-ring (bicyclic) bond motifs is 1. The van der Waals surface area contributed by atoms with Crippen LogP contribution in [0.3, 0.4) is 0 Å². The largest absolute Gasteiger partial charge is 0.379 e. The fraction of sp³-hybridized carbons (Fsp3) is 0.375. The maximum Gasteiger partial charge on any atom is 0.139 e. The minimum atomic E-state index is 0.227. The Balaban J connectivity index is 1.48. The van der Waals surface area contributed by atoms with E-state index >= 15 is 0 Å². The van der Waals surface area contributed by atoms with Gasteiger partial charge in [0, 0.05) is 30.0 Å². The van der Waals surface area contributed by atoms with Crippen molar-refractivity contribution in [1.82, 2.24) is 15.1 Å². The zero-order valence-electron chi connectivity index (χ0n) is 12.4. The van der Waals surface area contributed by atoms with Crippen LogP contribution in [0.1, 0.15) is 11.5 Å². The molecule has 1 aliphatic heterocycles. The van der Waals surface area contributed by atoms with E-state index in [1.807, 2.05) is 31.3 Å². The molecule has 2 atom stereocenters. The molecule has 0 bridgehead atoms. The molecule has 6 nitrogen and oxygen atoms in total. The van der Waals surface area contributed by atoms with Crippen LogP contribution in [0.25, 0.3) is 11.0 Å². The zero-order chi connectivity index (χ0) is 14.9. The molecule has 4 heterocycles. The molecule has 3 aromatic heterocycles. The summed E-state index contributed by atoms with van der Waals surface area (Å²) in [5.74, 6) is 2.13. The summed E-state index contributed by atoms with van der Waals surface area (Å²) < 4.78 is 11.0. The van der Waals surface area contributed by atoms with Gasteiger partial charge in [0.25, 0.3) is 0 Å². The van der Waals surface area contributed by atoms with Crippen molar-refractivity contribution >= 4 is 16.9 Å². The van der Waals surface area contributed by atoms with Crippen LogP contribution in [-0.2, 0) is 11.2 Å². The lowest BCUT2D eigenvalue weighted by Gasteiger charge is -2.18. The van der Waals surface area contributed by atoms with Gasteiger partial charge in [0.05, 0.1) is 24.9 Å². The van der Waals surface area contributed by atoms with Crippen LogP contribution in [0.4, 0.5) is 5.82 Å². The van der Waals surface area contributed by atoms with Crippen LogP contribution in [0.5, 0.6) is 0 Å². The molecule has 4 rings (SSSR count). The highest BCUT2D eigenvalue weighted by Crippen LogP contribution is 2.23. The number of nitrogens with one attached hydrogen (secondary N) is 2. The minimum absolute atomic E-state index is 0.227. The van der Waals surface area contributed by atoms with Gasteiger partial charge in [-0.25, -0.2) is 4.98 Å². The quantitative estimate of drug-likeness (QED) is 0.774. The predicted octanol–water partition coefficient (Wildman–Crippen LogP) is 2.53. The summed E-state index contributed by atoms with van der Waals surface area (Å²) in [6, 6.07) is 8.29. The fourth-order valence-electron chi connectivity index (χ4n) is 2.93. The number of ether oxygens (including phenoxy) is 1. The van der Waals surface area contributed by atoms with Crippen molar-refractivity contribution < 1.29 is 9.26 Å². The molecule has 0 aromatic carbocycles. The summed E-state index contributed by atoms with van der Waals surface area (Å²) in [4.78, 5) is 7.72. The summed E-state index contributed by atoms with van der Waals surface area (Å²) in [7, 11) is 0. The van der Waals surface area contributed by atoms with Crippen molar-refractivity contribution in [3.8, 4) is 0 Å². The van der Waals surface area contributed by atoms with Crippen LogP contribution >= 0.6 is 0 Å². The monoisotopic (exact) mass is 298 g/mol. The second-order valence-corrected chi connectivity index (χ2v) is 5.80. The molecule has 0 saturated carbocycles. The average Bonchev–Trinajstić information content (AvgIpc) is 3.22. The topological polar surface area (TPSA) is 76.0 Å². The molecule has 1 fully saturated rings. The lowest BCUT2D eigenvalue weighted by atomic mass is 9.98. The third kappa shape index (κ3) is 2.57. The molecule has 114 valence electrons. The van der Waals surface area contributed by atoms with Gasteiger partial charge in [-0.1, -0.05) is 5.16 Å². The Morgan fingerprint density at radius 2 is 2.27 bits per heavy atom. The number of hydrogen-bond acceptors (Lipinski definition) is 5. The minimum Gasteiger partial charge on any atom is -0.379 e. The van der Waals surface area contributed by atoms with E-state index in [1.165, 1.54) is 0 Å². The van der Waals surface area contributed by atoms with E-state index < -0.39 is 0 Å². The number of rotatable bonds is 4.